The second kappa shape index (κ2) is 11.2. The Labute approximate surface area is 210 Å². The third-order valence-electron chi connectivity index (χ3n) is 6.02. The molecule has 10 heteroatoms. The molecule has 4 N–H and O–H groups in total. The predicted molar refractivity (Wildman–Crippen MR) is 138 cm³/mol. The molecule has 4 rings (SSSR count). The van der Waals surface area contributed by atoms with Gasteiger partial charge >= 0.3 is 0 Å². The minimum Gasteiger partial charge on any atom is -0.387 e. The molecule has 0 radical (unpaired) electrons. The Morgan fingerprint density at radius 1 is 1.17 bits per heavy atom. The number of ketones is 1. The van der Waals surface area contributed by atoms with Gasteiger partial charge in [-0.1, -0.05) is 13.8 Å². The van der Waals surface area contributed by atoms with E-state index in [1.54, 1.807) is 18.3 Å². The number of pyridine rings is 2. The van der Waals surface area contributed by atoms with Crippen LogP contribution in [0, 0.1) is 0 Å². The Kier molecular flexibility index (Phi) is 7.84. The number of fused-ring (bicyclic) bond motifs is 2. The van der Waals surface area contributed by atoms with Crippen LogP contribution in [0.3, 0.4) is 0 Å². The summed E-state index contributed by atoms with van der Waals surface area (Å²) < 4.78 is 0. The van der Waals surface area contributed by atoms with Crippen LogP contribution in [0.5, 0.6) is 0 Å². The van der Waals surface area contributed by atoms with Crippen molar-refractivity contribution in [3.8, 4) is 0 Å². The lowest BCUT2D eigenvalue weighted by Crippen LogP contribution is -2.34. The van der Waals surface area contributed by atoms with Crippen molar-refractivity contribution in [2.75, 3.05) is 25.0 Å². The van der Waals surface area contributed by atoms with Gasteiger partial charge in [0.2, 0.25) is 5.91 Å². The van der Waals surface area contributed by atoms with Crippen LogP contribution in [0.1, 0.15) is 60.4 Å². The molecule has 2 aromatic rings. The van der Waals surface area contributed by atoms with E-state index in [1.807, 2.05) is 24.8 Å². The number of carbonyl (C=O) groups is 3. The van der Waals surface area contributed by atoms with E-state index >= 15 is 0 Å². The molecule has 0 unspecified atom stereocenters. The summed E-state index contributed by atoms with van der Waals surface area (Å²) in [4.78, 5) is 53.4. The molecule has 36 heavy (non-hydrogen) atoms. The van der Waals surface area contributed by atoms with Crippen LogP contribution >= 0.6 is 0 Å². The monoisotopic (exact) mass is 489 g/mol. The summed E-state index contributed by atoms with van der Waals surface area (Å²) in [6, 6.07) is 4.91. The second-order valence-electron chi connectivity index (χ2n) is 8.89. The Morgan fingerprint density at radius 2 is 1.94 bits per heavy atom. The highest BCUT2D eigenvalue weighted by Gasteiger charge is 2.24. The lowest BCUT2D eigenvalue weighted by atomic mass is 10.1. The fraction of sp³-hybridized carbons (Fsp3) is 0.385. The second-order valence-corrected chi connectivity index (χ2v) is 8.89. The number of anilines is 1. The standard InChI is InChI=1S/C26H31N7O3/c1-3-9-33(10-4-2)26(36)17-11-16-5-6-21(31-24(16)32-22(27)13-17)23(34)25(35)30-19-12-18-14-28-8-7-20(18)29-15-19/h5-6,11-12,15,28H,3-4,7-10,13-14H2,1-2H3,(H,30,35)(H2,27,31,32). The minimum atomic E-state index is -0.820. The van der Waals surface area contributed by atoms with Crippen molar-refractivity contribution in [3.05, 3.63) is 52.5 Å². The molecule has 0 saturated carbocycles. The van der Waals surface area contributed by atoms with Crippen LogP contribution in [0.4, 0.5) is 11.5 Å². The minimum absolute atomic E-state index is 0.0582. The van der Waals surface area contributed by atoms with Crippen molar-refractivity contribution in [1.29, 1.82) is 0 Å². The Bertz CT molecular complexity index is 1250. The van der Waals surface area contributed by atoms with Gasteiger partial charge in [-0.25, -0.2) is 9.98 Å². The lowest BCUT2D eigenvalue weighted by molar-refractivity contribution is -0.127. The fourth-order valence-corrected chi connectivity index (χ4v) is 4.31. The number of nitrogens with two attached hydrogens (primary N) is 1. The van der Waals surface area contributed by atoms with Crippen molar-refractivity contribution in [2.24, 2.45) is 10.7 Å². The third kappa shape index (κ3) is 5.65. The van der Waals surface area contributed by atoms with Gasteiger partial charge in [-0.2, -0.15) is 0 Å². The van der Waals surface area contributed by atoms with Crippen LogP contribution in [0.25, 0.3) is 6.08 Å². The first-order valence-corrected chi connectivity index (χ1v) is 12.3. The highest BCUT2D eigenvalue weighted by Crippen LogP contribution is 2.26. The highest BCUT2D eigenvalue weighted by molar-refractivity contribution is 6.46. The van der Waals surface area contributed by atoms with Crippen molar-refractivity contribution in [3.63, 3.8) is 0 Å². The molecule has 4 heterocycles. The number of hydrogen-bond donors (Lipinski definition) is 3. The Balaban J connectivity index is 1.54. The van der Waals surface area contributed by atoms with E-state index in [2.05, 4.69) is 25.6 Å². The van der Waals surface area contributed by atoms with Crippen LogP contribution in [0.15, 0.2) is 35.0 Å². The molecule has 10 nitrogen and oxygen atoms in total. The summed E-state index contributed by atoms with van der Waals surface area (Å²) in [5, 5.41) is 5.86. The molecule has 0 fully saturated rings. The van der Waals surface area contributed by atoms with Gasteiger partial charge in [-0.05, 0) is 42.7 Å². The average Bonchev–Trinajstić information content (AvgIpc) is 3.05. The Hall–Kier alpha value is -3.92. The van der Waals surface area contributed by atoms with E-state index in [1.165, 1.54) is 6.07 Å². The number of rotatable bonds is 8. The summed E-state index contributed by atoms with van der Waals surface area (Å²) in [5.74, 6) is -1.29. The maximum Gasteiger partial charge on any atom is 0.298 e. The predicted octanol–water partition coefficient (Wildman–Crippen LogP) is 2.37. The van der Waals surface area contributed by atoms with E-state index in [4.69, 9.17) is 5.73 Å². The number of amides is 2. The molecular formula is C26H31N7O3. The van der Waals surface area contributed by atoms with Crippen molar-refractivity contribution in [2.45, 2.75) is 46.1 Å². The molecule has 0 spiro atoms. The third-order valence-corrected chi connectivity index (χ3v) is 6.02. The largest absolute Gasteiger partial charge is 0.387 e. The molecule has 0 aromatic carbocycles. The molecule has 2 aliphatic heterocycles. The molecule has 2 amide bonds. The molecular weight excluding hydrogens is 458 g/mol. The molecule has 0 atom stereocenters. The quantitative estimate of drug-likeness (QED) is 0.382. The molecule has 0 bridgehead atoms. The van der Waals surface area contributed by atoms with Gasteiger partial charge in [0.05, 0.1) is 11.9 Å². The number of hydrogen-bond acceptors (Lipinski definition) is 8. The maximum absolute atomic E-state index is 13.1. The maximum atomic E-state index is 13.1. The van der Waals surface area contributed by atoms with Crippen LogP contribution in [-0.2, 0) is 22.6 Å². The first kappa shape index (κ1) is 25.2. The van der Waals surface area contributed by atoms with Crippen LogP contribution < -0.4 is 16.4 Å². The first-order valence-electron chi connectivity index (χ1n) is 12.3. The fourth-order valence-electron chi connectivity index (χ4n) is 4.31. The summed E-state index contributed by atoms with van der Waals surface area (Å²) in [6.07, 6.45) is 5.98. The van der Waals surface area contributed by atoms with Crippen molar-refractivity contribution in [1.82, 2.24) is 20.2 Å². The zero-order valence-electron chi connectivity index (χ0n) is 20.6. The molecule has 2 aromatic heterocycles. The van der Waals surface area contributed by atoms with E-state index < -0.39 is 11.7 Å². The zero-order chi connectivity index (χ0) is 25.7. The summed E-state index contributed by atoms with van der Waals surface area (Å²) in [6.45, 7) is 6.90. The van der Waals surface area contributed by atoms with E-state index in [0.29, 0.717) is 36.5 Å². The topological polar surface area (TPSA) is 143 Å². The molecule has 0 aliphatic carbocycles. The number of amidine groups is 1. The summed E-state index contributed by atoms with van der Waals surface area (Å²) >= 11 is 0. The van der Waals surface area contributed by atoms with Gasteiger partial charge in [0, 0.05) is 55.9 Å². The number of aromatic nitrogens is 2. The number of nitrogens with one attached hydrogen (secondary N) is 2. The lowest BCUT2D eigenvalue weighted by Gasteiger charge is -2.22. The van der Waals surface area contributed by atoms with E-state index in [-0.39, 0.29) is 29.7 Å². The van der Waals surface area contributed by atoms with E-state index in [0.717, 1.165) is 37.1 Å². The molecule has 2 aliphatic rings. The highest BCUT2D eigenvalue weighted by atomic mass is 16.2. The smallest absolute Gasteiger partial charge is 0.298 e. The summed E-state index contributed by atoms with van der Waals surface area (Å²) in [7, 11) is 0. The van der Waals surface area contributed by atoms with Gasteiger partial charge in [0.1, 0.15) is 11.5 Å². The summed E-state index contributed by atoms with van der Waals surface area (Å²) in [5.41, 5.74) is 9.54. The number of carbonyl (C=O) groups excluding carboxylic acids is 3. The normalized spacial score (nSPS) is 14.5. The van der Waals surface area contributed by atoms with Crippen molar-refractivity contribution < 1.29 is 14.4 Å². The van der Waals surface area contributed by atoms with E-state index in [9.17, 15) is 14.4 Å². The van der Waals surface area contributed by atoms with Crippen molar-refractivity contribution >= 4 is 41.0 Å². The molecule has 188 valence electrons. The SMILES string of the molecule is CCCN(CCC)C(=O)C1=Cc2ccc(C(=O)C(=O)Nc3cnc4c(c3)CNCC4)nc2N=C(N)C1. The van der Waals surface area contributed by atoms with Gasteiger partial charge in [0.15, 0.2) is 5.82 Å². The van der Waals surface area contributed by atoms with Crippen LogP contribution in [-0.4, -0.2) is 57.9 Å². The number of Topliss-reactive ketones (excluding diaryl/α,β-unsaturated/α-hetero) is 1. The number of nitrogens with zero attached hydrogens (tertiary/aromatic N) is 4. The number of aliphatic imine (C=N–C) groups is 1. The van der Waals surface area contributed by atoms with Gasteiger partial charge < -0.3 is 21.3 Å². The first-order chi connectivity index (χ1) is 17.4. The van der Waals surface area contributed by atoms with Gasteiger partial charge in [0.25, 0.3) is 11.7 Å². The average molecular weight is 490 g/mol. The van der Waals surface area contributed by atoms with Crippen LogP contribution in [0.2, 0.25) is 0 Å². The molecule has 0 saturated heterocycles. The van der Waals surface area contributed by atoms with Gasteiger partial charge in [-0.15, -0.1) is 0 Å². The Morgan fingerprint density at radius 3 is 2.69 bits per heavy atom. The zero-order valence-corrected chi connectivity index (χ0v) is 20.6. The van der Waals surface area contributed by atoms with Gasteiger partial charge in [-0.3, -0.25) is 19.4 Å².